The molecule has 1 aromatic heterocycles. The van der Waals surface area contributed by atoms with Crippen molar-refractivity contribution in [2.24, 2.45) is 0 Å². The van der Waals surface area contributed by atoms with Gasteiger partial charge in [-0.3, -0.25) is 4.57 Å². The van der Waals surface area contributed by atoms with Gasteiger partial charge < -0.3 is 29.7 Å². The molecule has 0 radical (unpaired) electrons. The molecule has 0 saturated heterocycles. The SMILES string of the molecule is COc1cc(C(=CNc2ncccn2)P(=O)(O)O)cc(OC)c1O. The lowest BCUT2D eigenvalue weighted by atomic mass is 10.1. The lowest BCUT2D eigenvalue weighted by Crippen LogP contribution is -1.98. The van der Waals surface area contributed by atoms with Crippen LogP contribution in [-0.2, 0) is 4.57 Å². The molecule has 0 amide bonds. The average molecular weight is 353 g/mol. The van der Waals surface area contributed by atoms with Crippen LogP contribution >= 0.6 is 7.60 Å². The lowest BCUT2D eigenvalue weighted by molar-refractivity contribution is 0.339. The monoisotopic (exact) mass is 353 g/mol. The summed E-state index contributed by atoms with van der Waals surface area (Å²) in [7, 11) is -2.03. The summed E-state index contributed by atoms with van der Waals surface area (Å²) in [5.74, 6) is -0.0753. The zero-order chi connectivity index (χ0) is 17.7. The highest BCUT2D eigenvalue weighted by molar-refractivity contribution is 7.63. The molecule has 24 heavy (non-hydrogen) atoms. The number of phenols is 1. The van der Waals surface area contributed by atoms with Gasteiger partial charge >= 0.3 is 7.60 Å². The minimum Gasteiger partial charge on any atom is -0.502 e. The van der Waals surface area contributed by atoms with E-state index in [1.165, 1.54) is 38.7 Å². The van der Waals surface area contributed by atoms with Gasteiger partial charge in [0.05, 0.1) is 19.5 Å². The zero-order valence-corrected chi connectivity index (χ0v) is 13.8. The fraction of sp³-hybridized carbons (Fsp3) is 0.143. The zero-order valence-electron chi connectivity index (χ0n) is 12.9. The quantitative estimate of drug-likeness (QED) is 0.573. The maximum Gasteiger partial charge on any atom is 0.358 e. The van der Waals surface area contributed by atoms with E-state index in [1.807, 2.05) is 0 Å². The molecule has 0 saturated carbocycles. The first-order valence-corrected chi connectivity index (χ1v) is 8.23. The Morgan fingerprint density at radius 2 is 1.71 bits per heavy atom. The fourth-order valence-electron chi connectivity index (χ4n) is 1.88. The Bertz CT molecular complexity index is 765. The summed E-state index contributed by atoms with van der Waals surface area (Å²) in [6.45, 7) is 0. The molecule has 0 aliphatic carbocycles. The second-order valence-electron chi connectivity index (χ2n) is 4.52. The highest BCUT2D eigenvalue weighted by atomic mass is 31.2. The molecule has 1 heterocycles. The molecule has 2 aromatic rings. The largest absolute Gasteiger partial charge is 0.502 e. The molecule has 4 N–H and O–H groups in total. The molecule has 10 heteroatoms. The molecular formula is C14H16N3O6P. The van der Waals surface area contributed by atoms with Crippen molar-refractivity contribution < 1.29 is 28.9 Å². The third kappa shape index (κ3) is 4.02. The van der Waals surface area contributed by atoms with Crippen LogP contribution in [0, 0.1) is 0 Å². The number of aromatic hydroxyl groups is 1. The second-order valence-corrected chi connectivity index (χ2v) is 6.09. The van der Waals surface area contributed by atoms with E-state index in [1.54, 1.807) is 6.07 Å². The van der Waals surface area contributed by atoms with E-state index in [0.717, 1.165) is 6.20 Å². The Labute approximate surface area is 137 Å². The van der Waals surface area contributed by atoms with E-state index in [-0.39, 0.29) is 34.1 Å². The number of rotatable bonds is 6. The number of hydrogen-bond donors (Lipinski definition) is 4. The van der Waals surface area contributed by atoms with Crippen molar-refractivity contribution in [2.45, 2.75) is 0 Å². The van der Waals surface area contributed by atoms with Gasteiger partial charge in [-0.1, -0.05) is 0 Å². The summed E-state index contributed by atoms with van der Waals surface area (Å²) in [5, 5.41) is 12.2. The molecule has 0 unspecified atom stereocenters. The van der Waals surface area contributed by atoms with Crippen molar-refractivity contribution in [3.63, 3.8) is 0 Å². The number of benzene rings is 1. The molecular weight excluding hydrogens is 337 g/mol. The van der Waals surface area contributed by atoms with Crippen molar-refractivity contribution in [1.82, 2.24) is 9.97 Å². The molecule has 1 aromatic carbocycles. The van der Waals surface area contributed by atoms with Crippen LogP contribution in [0.3, 0.4) is 0 Å². The third-order valence-corrected chi connectivity index (χ3v) is 4.01. The van der Waals surface area contributed by atoms with E-state index in [9.17, 15) is 19.5 Å². The normalized spacial score (nSPS) is 11.9. The van der Waals surface area contributed by atoms with Crippen LogP contribution < -0.4 is 14.8 Å². The number of aromatic nitrogens is 2. The Morgan fingerprint density at radius 3 is 2.17 bits per heavy atom. The molecule has 9 nitrogen and oxygen atoms in total. The minimum atomic E-state index is -4.66. The summed E-state index contributed by atoms with van der Waals surface area (Å²) in [6.07, 6.45) is 4.06. The lowest BCUT2D eigenvalue weighted by Gasteiger charge is -2.14. The molecule has 0 aliphatic heterocycles. The molecule has 128 valence electrons. The van der Waals surface area contributed by atoms with Gasteiger partial charge in [0.15, 0.2) is 11.5 Å². The van der Waals surface area contributed by atoms with Crippen LogP contribution in [0.15, 0.2) is 36.8 Å². The van der Waals surface area contributed by atoms with Crippen LogP contribution in [-0.4, -0.2) is 39.1 Å². The molecule has 2 rings (SSSR count). The maximum atomic E-state index is 11.8. The molecule has 0 aliphatic rings. The number of phenolic OH excluding ortho intramolecular Hbond substituents is 1. The number of ether oxygens (including phenoxy) is 2. The fourth-order valence-corrected chi connectivity index (χ4v) is 2.58. The van der Waals surface area contributed by atoms with Gasteiger partial charge in [0, 0.05) is 18.6 Å². The standard InChI is InChI=1S/C14H16N3O6P/c1-22-10-6-9(7-11(23-2)13(10)18)12(24(19,20)21)8-17-14-15-4-3-5-16-14/h3-8,18H,1-2H3,(H,15,16,17)(H2,19,20,21). The third-order valence-electron chi connectivity index (χ3n) is 2.99. The second kappa shape index (κ2) is 7.31. The number of nitrogens with zero attached hydrogens (tertiary/aromatic N) is 2. The van der Waals surface area contributed by atoms with Gasteiger partial charge in [-0.15, -0.1) is 0 Å². The Morgan fingerprint density at radius 1 is 1.17 bits per heavy atom. The van der Waals surface area contributed by atoms with Crippen molar-refractivity contribution >= 4 is 18.9 Å². The molecule has 0 atom stereocenters. The van der Waals surface area contributed by atoms with Crippen LogP contribution in [0.4, 0.5) is 5.95 Å². The number of anilines is 1. The maximum absolute atomic E-state index is 11.8. The Hall–Kier alpha value is -2.61. The van der Waals surface area contributed by atoms with Crippen molar-refractivity contribution in [3.8, 4) is 17.2 Å². The van der Waals surface area contributed by atoms with Crippen LogP contribution in [0.25, 0.3) is 5.31 Å². The van der Waals surface area contributed by atoms with E-state index in [4.69, 9.17) is 9.47 Å². The van der Waals surface area contributed by atoms with Gasteiger partial charge in [0.2, 0.25) is 11.7 Å². The number of hydrogen-bond acceptors (Lipinski definition) is 7. The summed E-state index contributed by atoms with van der Waals surface area (Å²) >= 11 is 0. The van der Waals surface area contributed by atoms with Crippen molar-refractivity contribution in [1.29, 1.82) is 0 Å². The van der Waals surface area contributed by atoms with Gasteiger partial charge in [0.25, 0.3) is 0 Å². The summed E-state index contributed by atoms with van der Waals surface area (Å²) in [4.78, 5) is 27.0. The minimum absolute atomic E-state index is 0.0136. The van der Waals surface area contributed by atoms with E-state index < -0.39 is 7.60 Å². The smallest absolute Gasteiger partial charge is 0.358 e. The Kier molecular flexibility index (Phi) is 5.40. The van der Waals surface area contributed by atoms with Crippen LogP contribution in [0.1, 0.15) is 5.56 Å². The predicted octanol–water partition coefficient (Wildman–Crippen LogP) is 1.79. The first-order valence-electron chi connectivity index (χ1n) is 6.62. The molecule has 0 fully saturated rings. The van der Waals surface area contributed by atoms with Crippen LogP contribution in [0.2, 0.25) is 0 Å². The highest BCUT2D eigenvalue weighted by Gasteiger charge is 2.25. The molecule has 0 bridgehead atoms. The van der Waals surface area contributed by atoms with Gasteiger partial charge in [0.1, 0.15) is 0 Å². The number of nitrogens with one attached hydrogen (secondary N) is 1. The van der Waals surface area contributed by atoms with Gasteiger partial charge in [-0.2, -0.15) is 0 Å². The molecule has 0 spiro atoms. The summed E-state index contributed by atoms with van der Waals surface area (Å²) in [6, 6.07) is 4.18. The average Bonchev–Trinajstić information content (AvgIpc) is 2.55. The van der Waals surface area contributed by atoms with Crippen molar-refractivity contribution in [2.75, 3.05) is 19.5 Å². The van der Waals surface area contributed by atoms with Gasteiger partial charge in [-0.05, 0) is 23.8 Å². The van der Waals surface area contributed by atoms with E-state index >= 15 is 0 Å². The van der Waals surface area contributed by atoms with Crippen molar-refractivity contribution in [3.05, 3.63) is 42.4 Å². The first kappa shape index (κ1) is 17.7. The highest BCUT2D eigenvalue weighted by Crippen LogP contribution is 2.53. The topological polar surface area (TPSA) is 134 Å². The summed E-state index contributed by atoms with van der Waals surface area (Å²) < 4.78 is 21.8. The predicted molar refractivity (Wildman–Crippen MR) is 86.9 cm³/mol. The number of methoxy groups -OCH3 is 2. The van der Waals surface area contributed by atoms with Crippen LogP contribution in [0.5, 0.6) is 17.2 Å². The first-order chi connectivity index (χ1) is 11.4. The van der Waals surface area contributed by atoms with Gasteiger partial charge in [-0.25, -0.2) is 9.97 Å². The summed E-state index contributed by atoms with van der Waals surface area (Å²) in [5.41, 5.74) is 0.110. The Balaban J connectivity index is 2.51. The van der Waals surface area contributed by atoms with E-state index in [2.05, 4.69) is 15.3 Å². The van der Waals surface area contributed by atoms with E-state index in [0.29, 0.717) is 0 Å².